The second-order valence-electron chi connectivity index (χ2n) is 3.60. The van der Waals surface area contributed by atoms with Gasteiger partial charge in [-0.1, -0.05) is 6.92 Å². The molecule has 0 aromatic carbocycles. The van der Waals surface area contributed by atoms with Gasteiger partial charge in [-0.05, 0) is 24.9 Å². The first-order valence-corrected chi connectivity index (χ1v) is 6.67. The van der Waals surface area contributed by atoms with Crippen molar-refractivity contribution in [3.05, 3.63) is 0 Å². The van der Waals surface area contributed by atoms with Crippen LogP contribution in [0.2, 0.25) is 0 Å². The molecule has 0 spiro atoms. The van der Waals surface area contributed by atoms with Gasteiger partial charge in [0, 0.05) is 6.04 Å². The van der Waals surface area contributed by atoms with Crippen molar-refractivity contribution in [2.24, 2.45) is 5.73 Å². The quantitative estimate of drug-likeness (QED) is 0.579. The van der Waals surface area contributed by atoms with Gasteiger partial charge in [0.15, 0.2) is 0 Å². The number of carboxylic acids is 1. The fraction of sp³-hybridized carbons (Fsp3) is 0.800. The Bertz CT molecular complexity index is 236. The molecule has 2 atom stereocenters. The number of hydrogen-bond acceptors (Lipinski definition) is 4. The first-order valence-electron chi connectivity index (χ1n) is 5.27. The Morgan fingerprint density at radius 1 is 1.50 bits per heavy atom. The zero-order valence-corrected chi connectivity index (χ0v) is 10.5. The van der Waals surface area contributed by atoms with Crippen LogP contribution in [0.5, 0.6) is 0 Å². The number of carboxylic acid groups (broad SMARTS) is 1. The Hall–Kier alpha value is -0.750. The second-order valence-corrected chi connectivity index (χ2v) is 4.59. The van der Waals surface area contributed by atoms with Crippen molar-refractivity contribution in [3.63, 3.8) is 0 Å². The van der Waals surface area contributed by atoms with Crippen LogP contribution in [0.15, 0.2) is 0 Å². The van der Waals surface area contributed by atoms with E-state index in [1.54, 1.807) is 11.8 Å². The molecule has 1 amide bonds. The molecule has 0 aliphatic rings. The molecule has 16 heavy (non-hydrogen) atoms. The highest BCUT2D eigenvalue weighted by atomic mass is 32.2. The first-order chi connectivity index (χ1) is 7.51. The SMILES string of the molecule is CCC(CC(=O)O)NC(=O)[C@@H](N)CCSC. The van der Waals surface area contributed by atoms with Gasteiger partial charge < -0.3 is 16.2 Å². The topological polar surface area (TPSA) is 92.4 Å². The number of hydrogen-bond donors (Lipinski definition) is 3. The number of aliphatic carboxylic acids is 1. The monoisotopic (exact) mass is 248 g/mol. The number of carbonyl (C=O) groups excluding carboxylic acids is 1. The molecule has 0 aliphatic heterocycles. The predicted molar refractivity (Wildman–Crippen MR) is 65.4 cm³/mol. The van der Waals surface area contributed by atoms with Gasteiger partial charge in [0.05, 0.1) is 12.5 Å². The van der Waals surface area contributed by atoms with Crippen LogP contribution in [0.25, 0.3) is 0 Å². The lowest BCUT2D eigenvalue weighted by Crippen LogP contribution is -2.46. The van der Waals surface area contributed by atoms with Gasteiger partial charge in [0.1, 0.15) is 0 Å². The normalized spacial score (nSPS) is 14.2. The van der Waals surface area contributed by atoms with Crippen LogP contribution >= 0.6 is 11.8 Å². The van der Waals surface area contributed by atoms with Crippen LogP contribution in [0.4, 0.5) is 0 Å². The van der Waals surface area contributed by atoms with Crippen molar-refractivity contribution in [3.8, 4) is 0 Å². The van der Waals surface area contributed by atoms with E-state index in [0.29, 0.717) is 12.8 Å². The molecular weight excluding hydrogens is 228 g/mol. The van der Waals surface area contributed by atoms with E-state index < -0.39 is 12.0 Å². The molecule has 0 radical (unpaired) electrons. The molecule has 0 fully saturated rings. The summed E-state index contributed by atoms with van der Waals surface area (Å²) in [5.41, 5.74) is 5.66. The highest BCUT2D eigenvalue weighted by Gasteiger charge is 2.18. The summed E-state index contributed by atoms with van der Waals surface area (Å²) in [5, 5.41) is 11.3. The summed E-state index contributed by atoms with van der Waals surface area (Å²) in [6.07, 6.45) is 3.09. The van der Waals surface area contributed by atoms with Gasteiger partial charge in [-0.2, -0.15) is 11.8 Å². The van der Waals surface area contributed by atoms with Crippen molar-refractivity contribution in [2.45, 2.75) is 38.3 Å². The Kier molecular flexibility index (Phi) is 8.01. The average molecular weight is 248 g/mol. The summed E-state index contributed by atoms with van der Waals surface area (Å²) >= 11 is 1.63. The molecule has 5 nitrogen and oxygen atoms in total. The van der Waals surface area contributed by atoms with E-state index in [9.17, 15) is 9.59 Å². The average Bonchev–Trinajstić information content (AvgIpc) is 2.23. The zero-order chi connectivity index (χ0) is 12.6. The number of amides is 1. The molecule has 0 aliphatic carbocycles. The molecule has 4 N–H and O–H groups in total. The Morgan fingerprint density at radius 3 is 2.56 bits per heavy atom. The molecular formula is C10H20N2O3S. The molecule has 0 bridgehead atoms. The second kappa shape index (κ2) is 8.41. The summed E-state index contributed by atoms with van der Waals surface area (Å²) in [6.45, 7) is 1.83. The Labute approximate surface area is 100 Å². The number of nitrogens with two attached hydrogens (primary N) is 1. The molecule has 94 valence electrons. The number of carbonyl (C=O) groups is 2. The van der Waals surface area contributed by atoms with E-state index in [1.165, 1.54) is 0 Å². The van der Waals surface area contributed by atoms with Crippen LogP contribution in [-0.4, -0.2) is 41.1 Å². The molecule has 0 heterocycles. The maximum atomic E-state index is 11.6. The van der Waals surface area contributed by atoms with Crippen molar-refractivity contribution in [1.82, 2.24) is 5.32 Å². The highest BCUT2D eigenvalue weighted by Crippen LogP contribution is 2.02. The summed E-state index contributed by atoms with van der Waals surface area (Å²) in [5.74, 6) is -0.350. The van der Waals surface area contributed by atoms with Crippen molar-refractivity contribution >= 4 is 23.6 Å². The summed E-state index contributed by atoms with van der Waals surface area (Å²) in [6, 6.07) is -0.874. The van der Waals surface area contributed by atoms with Crippen LogP contribution < -0.4 is 11.1 Å². The molecule has 1 unspecified atom stereocenters. The lowest BCUT2D eigenvalue weighted by atomic mass is 10.1. The smallest absolute Gasteiger partial charge is 0.305 e. The van der Waals surface area contributed by atoms with Gasteiger partial charge in [-0.25, -0.2) is 0 Å². The van der Waals surface area contributed by atoms with E-state index in [0.717, 1.165) is 5.75 Å². The Morgan fingerprint density at radius 2 is 2.12 bits per heavy atom. The van der Waals surface area contributed by atoms with Crippen molar-refractivity contribution in [2.75, 3.05) is 12.0 Å². The minimum absolute atomic E-state index is 0.0580. The van der Waals surface area contributed by atoms with Gasteiger partial charge in [-0.15, -0.1) is 0 Å². The van der Waals surface area contributed by atoms with Crippen LogP contribution in [0.1, 0.15) is 26.2 Å². The van der Waals surface area contributed by atoms with E-state index in [1.807, 2.05) is 13.2 Å². The van der Waals surface area contributed by atoms with E-state index in [-0.39, 0.29) is 18.4 Å². The zero-order valence-electron chi connectivity index (χ0n) is 9.73. The predicted octanol–water partition coefficient (Wildman–Crippen LogP) is 0.436. The van der Waals surface area contributed by atoms with Gasteiger partial charge in [0.2, 0.25) is 5.91 Å². The van der Waals surface area contributed by atoms with Crippen LogP contribution in [-0.2, 0) is 9.59 Å². The summed E-state index contributed by atoms with van der Waals surface area (Å²) in [7, 11) is 0. The van der Waals surface area contributed by atoms with Crippen molar-refractivity contribution in [1.29, 1.82) is 0 Å². The first kappa shape index (κ1) is 15.2. The molecule has 6 heteroatoms. The van der Waals surface area contributed by atoms with E-state index in [4.69, 9.17) is 10.8 Å². The van der Waals surface area contributed by atoms with E-state index >= 15 is 0 Å². The van der Waals surface area contributed by atoms with Gasteiger partial charge in [0.25, 0.3) is 0 Å². The number of nitrogens with one attached hydrogen (secondary N) is 1. The molecule has 0 aromatic heterocycles. The third-order valence-corrected chi connectivity index (χ3v) is 2.87. The highest BCUT2D eigenvalue weighted by molar-refractivity contribution is 7.98. The maximum absolute atomic E-state index is 11.6. The maximum Gasteiger partial charge on any atom is 0.305 e. The minimum Gasteiger partial charge on any atom is -0.481 e. The van der Waals surface area contributed by atoms with Crippen molar-refractivity contribution < 1.29 is 14.7 Å². The minimum atomic E-state index is -0.912. The largest absolute Gasteiger partial charge is 0.481 e. The van der Waals surface area contributed by atoms with Gasteiger partial charge >= 0.3 is 5.97 Å². The Balaban J connectivity index is 4.03. The lowest BCUT2D eigenvalue weighted by molar-refractivity contribution is -0.137. The summed E-state index contributed by atoms with van der Waals surface area (Å²) in [4.78, 5) is 22.1. The molecule has 0 rings (SSSR count). The van der Waals surface area contributed by atoms with Crippen LogP contribution in [0.3, 0.4) is 0 Å². The molecule has 0 saturated heterocycles. The summed E-state index contributed by atoms with van der Waals surface area (Å²) < 4.78 is 0. The molecule has 0 aromatic rings. The fourth-order valence-electron chi connectivity index (χ4n) is 1.19. The lowest BCUT2D eigenvalue weighted by Gasteiger charge is -2.18. The van der Waals surface area contributed by atoms with Crippen LogP contribution in [0, 0.1) is 0 Å². The number of thioether (sulfide) groups is 1. The molecule has 0 saturated carbocycles. The standard InChI is InChI=1S/C10H20N2O3S/c1-3-7(6-9(13)14)12-10(15)8(11)4-5-16-2/h7-8H,3-6,11H2,1-2H3,(H,12,15)(H,13,14)/t7?,8-/m0/s1. The third-order valence-electron chi connectivity index (χ3n) is 2.23. The third kappa shape index (κ3) is 6.68. The van der Waals surface area contributed by atoms with Gasteiger partial charge in [-0.3, -0.25) is 9.59 Å². The fourth-order valence-corrected chi connectivity index (χ4v) is 1.68. The van der Waals surface area contributed by atoms with E-state index in [2.05, 4.69) is 5.32 Å². The number of rotatable bonds is 8.